The van der Waals surface area contributed by atoms with E-state index in [1.54, 1.807) is 24.3 Å². The number of nitrogens with zero attached hydrogens (tertiary/aromatic N) is 4. The summed E-state index contributed by atoms with van der Waals surface area (Å²) in [5.41, 5.74) is 2.66. The number of aromatic nitrogens is 2. The summed E-state index contributed by atoms with van der Waals surface area (Å²) in [5.74, 6) is -0.195. The van der Waals surface area contributed by atoms with E-state index in [0.29, 0.717) is 28.5 Å². The molecular formula is C26H24F2N4O. The van der Waals surface area contributed by atoms with Gasteiger partial charge in [0.05, 0.1) is 17.7 Å². The van der Waals surface area contributed by atoms with Crippen LogP contribution in [0.4, 0.5) is 14.7 Å². The van der Waals surface area contributed by atoms with Crippen LogP contribution in [-0.4, -0.2) is 29.2 Å². The van der Waals surface area contributed by atoms with E-state index in [1.165, 1.54) is 12.1 Å². The Bertz CT molecular complexity index is 1150. The Labute approximate surface area is 191 Å². The second-order valence-electron chi connectivity index (χ2n) is 8.84. The van der Waals surface area contributed by atoms with Crippen molar-refractivity contribution in [3.63, 3.8) is 0 Å². The van der Waals surface area contributed by atoms with Gasteiger partial charge < -0.3 is 9.64 Å². The maximum Gasteiger partial charge on any atom is 0.225 e. The molecule has 3 aromatic rings. The number of rotatable bonds is 5. The lowest BCUT2D eigenvalue weighted by Crippen LogP contribution is -2.26. The van der Waals surface area contributed by atoms with E-state index >= 15 is 0 Å². The normalized spacial score (nSPS) is 21.6. The predicted molar refractivity (Wildman–Crippen MR) is 121 cm³/mol. The van der Waals surface area contributed by atoms with Crippen molar-refractivity contribution in [1.29, 1.82) is 5.26 Å². The Morgan fingerprint density at radius 2 is 1.61 bits per heavy atom. The van der Waals surface area contributed by atoms with Crippen LogP contribution in [0.3, 0.4) is 0 Å². The first-order valence-corrected chi connectivity index (χ1v) is 11.3. The molecule has 1 aliphatic heterocycles. The molecule has 2 aromatic carbocycles. The van der Waals surface area contributed by atoms with Crippen LogP contribution >= 0.6 is 0 Å². The molecule has 0 bridgehead atoms. The van der Waals surface area contributed by atoms with Gasteiger partial charge in [0.25, 0.3) is 0 Å². The lowest BCUT2D eigenvalue weighted by molar-refractivity contribution is 0.182. The lowest BCUT2D eigenvalue weighted by atomic mass is 10.0. The van der Waals surface area contributed by atoms with Crippen LogP contribution in [-0.2, 0) is 6.42 Å². The molecule has 5 nitrogen and oxygen atoms in total. The quantitative estimate of drug-likeness (QED) is 0.542. The minimum absolute atomic E-state index is 0.213. The molecule has 5 rings (SSSR count). The van der Waals surface area contributed by atoms with E-state index < -0.39 is 11.6 Å². The van der Waals surface area contributed by atoms with E-state index in [-0.39, 0.29) is 11.9 Å². The highest BCUT2D eigenvalue weighted by molar-refractivity contribution is 5.65. The standard InChI is InChI=1S/C26H24F2N4O/c1-2-16-12-30-26(31-13-16)32-14-20-7-22(8-21(20)15-32)33-25-23(27)9-19(10-24(25)28)18-5-3-17(11-29)4-6-18/h3-6,9-10,12-13,20-22H,2,7-8,14-15H2,1H3. The number of fused-ring (bicyclic) bond motifs is 1. The molecule has 0 spiro atoms. The van der Waals surface area contributed by atoms with Crippen LogP contribution < -0.4 is 9.64 Å². The van der Waals surface area contributed by atoms with E-state index in [2.05, 4.69) is 21.8 Å². The number of benzene rings is 2. The average molecular weight is 447 g/mol. The number of halogens is 2. The Balaban J connectivity index is 1.24. The number of ether oxygens (including phenoxy) is 1. The first kappa shape index (κ1) is 21.3. The summed E-state index contributed by atoms with van der Waals surface area (Å²) < 4.78 is 35.4. The molecule has 7 heteroatoms. The molecule has 33 heavy (non-hydrogen) atoms. The van der Waals surface area contributed by atoms with Crippen LogP contribution in [0.5, 0.6) is 5.75 Å². The van der Waals surface area contributed by atoms with E-state index in [9.17, 15) is 8.78 Å². The van der Waals surface area contributed by atoms with Crippen molar-refractivity contribution in [1.82, 2.24) is 9.97 Å². The molecule has 2 fully saturated rings. The van der Waals surface area contributed by atoms with Crippen LogP contribution in [0.1, 0.15) is 30.9 Å². The molecule has 0 radical (unpaired) electrons. The average Bonchev–Trinajstić information content (AvgIpc) is 3.40. The fourth-order valence-corrected chi connectivity index (χ4v) is 4.94. The molecule has 0 amide bonds. The SMILES string of the molecule is CCc1cnc(N2CC3CC(Oc4c(F)cc(-c5ccc(C#N)cc5)cc4F)CC3C2)nc1. The summed E-state index contributed by atoms with van der Waals surface area (Å²) >= 11 is 0. The highest BCUT2D eigenvalue weighted by Crippen LogP contribution is 2.41. The first-order valence-electron chi connectivity index (χ1n) is 11.3. The van der Waals surface area contributed by atoms with Gasteiger partial charge in [-0.15, -0.1) is 0 Å². The van der Waals surface area contributed by atoms with Gasteiger partial charge in [0.1, 0.15) is 0 Å². The third-order valence-corrected chi connectivity index (χ3v) is 6.72. The number of anilines is 1. The zero-order valence-corrected chi connectivity index (χ0v) is 18.3. The Kier molecular flexibility index (Phi) is 5.67. The van der Waals surface area contributed by atoms with Crippen molar-refractivity contribution in [2.24, 2.45) is 11.8 Å². The summed E-state index contributed by atoms with van der Waals surface area (Å²) in [6.07, 6.45) is 5.95. The zero-order chi connectivity index (χ0) is 22.9. The molecule has 2 atom stereocenters. The molecule has 1 aromatic heterocycles. The zero-order valence-electron chi connectivity index (χ0n) is 18.3. The Hall–Kier alpha value is -3.53. The van der Waals surface area contributed by atoms with Crippen molar-refractivity contribution < 1.29 is 13.5 Å². The number of hydrogen-bond acceptors (Lipinski definition) is 5. The van der Waals surface area contributed by atoms with Gasteiger partial charge in [-0.1, -0.05) is 19.1 Å². The highest BCUT2D eigenvalue weighted by Gasteiger charge is 2.43. The third-order valence-electron chi connectivity index (χ3n) is 6.72. The van der Waals surface area contributed by atoms with Crippen molar-refractivity contribution in [2.45, 2.75) is 32.3 Å². The summed E-state index contributed by atoms with van der Waals surface area (Å²) in [6.45, 7) is 3.74. The minimum Gasteiger partial charge on any atom is -0.484 e. The van der Waals surface area contributed by atoms with Crippen molar-refractivity contribution in [3.8, 4) is 22.9 Å². The van der Waals surface area contributed by atoms with Gasteiger partial charge in [-0.2, -0.15) is 5.26 Å². The molecule has 168 valence electrons. The molecule has 2 unspecified atom stereocenters. The summed E-state index contributed by atoms with van der Waals surface area (Å²) in [4.78, 5) is 11.2. The lowest BCUT2D eigenvalue weighted by Gasteiger charge is -2.20. The number of hydrogen-bond donors (Lipinski definition) is 0. The van der Waals surface area contributed by atoms with E-state index in [1.807, 2.05) is 18.5 Å². The second kappa shape index (κ2) is 8.78. The molecule has 1 aliphatic carbocycles. The van der Waals surface area contributed by atoms with Crippen LogP contribution in [0.2, 0.25) is 0 Å². The van der Waals surface area contributed by atoms with Crippen molar-refractivity contribution in [3.05, 3.63) is 71.6 Å². The van der Waals surface area contributed by atoms with Crippen molar-refractivity contribution in [2.75, 3.05) is 18.0 Å². The van der Waals surface area contributed by atoms with Crippen molar-refractivity contribution >= 4 is 5.95 Å². The number of aryl methyl sites for hydroxylation is 1. The summed E-state index contributed by atoms with van der Waals surface area (Å²) in [5, 5.41) is 8.92. The molecule has 1 saturated carbocycles. The predicted octanol–water partition coefficient (Wildman–Crippen LogP) is 5.15. The molecule has 1 saturated heterocycles. The van der Waals surface area contributed by atoms with Gasteiger partial charge in [0, 0.05) is 25.5 Å². The number of nitriles is 1. The van der Waals surface area contributed by atoms with Crippen LogP contribution in [0.15, 0.2) is 48.8 Å². The summed E-state index contributed by atoms with van der Waals surface area (Å²) in [6, 6.07) is 11.2. The fraction of sp³-hybridized carbons (Fsp3) is 0.346. The minimum atomic E-state index is -0.711. The molecule has 2 aliphatic rings. The van der Waals surface area contributed by atoms with Gasteiger partial charge in [0.15, 0.2) is 17.4 Å². The van der Waals surface area contributed by atoms with Gasteiger partial charge in [0.2, 0.25) is 5.95 Å². The van der Waals surface area contributed by atoms with Gasteiger partial charge >= 0.3 is 0 Å². The van der Waals surface area contributed by atoms with Crippen LogP contribution in [0, 0.1) is 34.8 Å². The summed E-state index contributed by atoms with van der Waals surface area (Å²) in [7, 11) is 0. The molecule has 0 N–H and O–H groups in total. The fourth-order valence-electron chi connectivity index (χ4n) is 4.94. The Morgan fingerprint density at radius 1 is 1.00 bits per heavy atom. The van der Waals surface area contributed by atoms with Gasteiger partial charge in [-0.05, 0) is 72.1 Å². The molecular weight excluding hydrogens is 422 g/mol. The van der Waals surface area contributed by atoms with E-state index in [0.717, 1.165) is 43.9 Å². The Morgan fingerprint density at radius 3 is 2.15 bits per heavy atom. The maximum atomic E-state index is 14.8. The van der Waals surface area contributed by atoms with E-state index in [4.69, 9.17) is 10.00 Å². The van der Waals surface area contributed by atoms with Crippen LogP contribution in [0.25, 0.3) is 11.1 Å². The maximum absolute atomic E-state index is 14.8. The molecule has 2 heterocycles. The first-order chi connectivity index (χ1) is 16.0. The second-order valence-corrected chi connectivity index (χ2v) is 8.84. The topological polar surface area (TPSA) is 62.0 Å². The smallest absolute Gasteiger partial charge is 0.225 e. The van der Waals surface area contributed by atoms with Gasteiger partial charge in [-0.3, -0.25) is 0 Å². The monoisotopic (exact) mass is 446 g/mol. The van der Waals surface area contributed by atoms with Gasteiger partial charge in [-0.25, -0.2) is 18.7 Å². The highest BCUT2D eigenvalue weighted by atomic mass is 19.1. The largest absolute Gasteiger partial charge is 0.484 e. The third kappa shape index (κ3) is 4.25.